The van der Waals surface area contributed by atoms with Crippen LogP contribution in [0.3, 0.4) is 0 Å². The SMILES string of the molecule is CC(C)c1cc(-c2cc(C(C)(C)C)cc(-c3cc(F)cc(F)c3)c2N2[CH-]N(c3[c-]c(Oc4[c-]c5c(cc4)c4ccccc4n5-c4cc(C(C)(C)C)ccn4)cc(-c4ccccc4C(C)C)c3)c3ccccc32)cc(C(C)C)c1.[Pt]. The molecule has 8 heteroatoms. The van der Waals surface area contributed by atoms with E-state index in [2.05, 4.69) is 238 Å². The van der Waals surface area contributed by atoms with E-state index in [1.807, 2.05) is 24.4 Å². The van der Waals surface area contributed by atoms with Gasteiger partial charge in [0.2, 0.25) is 0 Å². The summed E-state index contributed by atoms with van der Waals surface area (Å²) in [6.07, 6.45) is 1.89. The Kier molecular flexibility index (Phi) is 14.9. The first-order valence-corrected chi connectivity index (χ1v) is 27.3. The van der Waals surface area contributed by atoms with Gasteiger partial charge in [0, 0.05) is 78.5 Å². The van der Waals surface area contributed by atoms with Crippen molar-refractivity contribution in [1.29, 1.82) is 0 Å². The Labute approximate surface area is 480 Å². The first-order valence-electron chi connectivity index (χ1n) is 27.3. The van der Waals surface area contributed by atoms with Gasteiger partial charge in [-0.2, -0.15) is 6.07 Å². The molecular formula is C71H67F2N4OPt-3. The minimum atomic E-state index is -0.639. The summed E-state index contributed by atoms with van der Waals surface area (Å²) in [6.45, 7) is 28.6. The molecule has 8 aromatic carbocycles. The quantitative estimate of drug-likeness (QED) is 0.121. The summed E-state index contributed by atoms with van der Waals surface area (Å²) >= 11 is 0. The second-order valence-corrected chi connectivity index (χ2v) is 23.9. The smallest absolute Gasteiger partial charge is 0.135 e. The molecule has 3 heterocycles. The minimum absolute atomic E-state index is 0. The van der Waals surface area contributed by atoms with Gasteiger partial charge in [-0.1, -0.05) is 161 Å². The van der Waals surface area contributed by atoms with Gasteiger partial charge < -0.3 is 19.1 Å². The zero-order chi connectivity index (χ0) is 54.9. The van der Waals surface area contributed by atoms with Crippen molar-refractivity contribution in [1.82, 2.24) is 9.55 Å². The second-order valence-electron chi connectivity index (χ2n) is 23.9. The molecule has 0 N–H and O–H groups in total. The largest absolute Gasteiger partial charge is 0.509 e. The summed E-state index contributed by atoms with van der Waals surface area (Å²) in [5.41, 5.74) is 15.9. The van der Waals surface area contributed by atoms with Gasteiger partial charge in [-0.15, -0.1) is 53.6 Å². The number of para-hydroxylation sites is 3. The van der Waals surface area contributed by atoms with Gasteiger partial charge >= 0.3 is 0 Å². The summed E-state index contributed by atoms with van der Waals surface area (Å²) in [4.78, 5) is 9.27. The van der Waals surface area contributed by atoms with E-state index in [4.69, 9.17) is 9.72 Å². The Balaban J connectivity index is 0.00000704. The van der Waals surface area contributed by atoms with Crippen LogP contribution in [0.15, 0.2) is 164 Å². The molecule has 0 saturated heterocycles. The molecule has 0 fully saturated rings. The number of ether oxygens (including phenoxy) is 1. The minimum Gasteiger partial charge on any atom is -0.509 e. The number of hydrogen-bond acceptors (Lipinski definition) is 4. The van der Waals surface area contributed by atoms with E-state index in [1.165, 1.54) is 34.4 Å². The monoisotopic (exact) mass is 1220 g/mol. The van der Waals surface area contributed by atoms with Crippen molar-refractivity contribution in [2.75, 3.05) is 9.80 Å². The molecule has 1 aliphatic heterocycles. The number of fused-ring (bicyclic) bond motifs is 4. The van der Waals surface area contributed by atoms with Crippen LogP contribution in [0.4, 0.5) is 31.5 Å². The van der Waals surface area contributed by atoms with Gasteiger partial charge in [0.25, 0.3) is 0 Å². The van der Waals surface area contributed by atoms with E-state index in [0.29, 0.717) is 22.6 Å². The number of anilines is 4. The van der Waals surface area contributed by atoms with Gasteiger partial charge in [0.1, 0.15) is 17.5 Å². The molecule has 10 aromatic rings. The molecule has 0 bridgehead atoms. The second kappa shape index (κ2) is 21.4. The fourth-order valence-corrected chi connectivity index (χ4v) is 10.9. The average Bonchev–Trinajstić information content (AvgIpc) is 4.22. The number of nitrogens with zero attached hydrogens (tertiary/aromatic N) is 4. The molecule has 5 nitrogen and oxygen atoms in total. The van der Waals surface area contributed by atoms with Crippen LogP contribution in [-0.2, 0) is 31.9 Å². The van der Waals surface area contributed by atoms with Gasteiger partial charge in [0.15, 0.2) is 0 Å². The Bertz CT molecular complexity index is 3890. The molecule has 404 valence electrons. The van der Waals surface area contributed by atoms with Crippen molar-refractivity contribution in [3.63, 3.8) is 0 Å². The van der Waals surface area contributed by atoms with Gasteiger partial charge in [-0.05, 0) is 133 Å². The van der Waals surface area contributed by atoms with E-state index in [1.54, 1.807) is 0 Å². The fraction of sp³-hybridized carbons (Fsp3) is 0.239. The van der Waals surface area contributed by atoms with Gasteiger partial charge in [-0.25, -0.2) is 13.8 Å². The molecule has 0 spiro atoms. The van der Waals surface area contributed by atoms with E-state index in [9.17, 15) is 0 Å². The fourth-order valence-electron chi connectivity index (χ4n) is 10.9. The third-order valence-electron chi connectivity index (χ3n) is 15.2. The third kappa shape index (κ3) is 10.7. The number of pyridine rings is 1. The number of aromatic nitrogens is 2. The maximum Gasteiger partial charge on any atom is 0.135 e. The Hall–Kier alpha value is -7.34. The molecule has 0 aliphatic carbocycles. The van der Waals surface area contributed by atoms with E-state index >= 15 is 8.78 Å². The molecule has 0 saturated carbocycles. The van der Waals surface area contributed by atoms with Crippen LogP contribution in [-0.4, -0.2) is 9.55 Å². The van der Waals surface area contributed by atoms with E-state index in [0.717, 1.165) is 84.3 Å². The van der Waals surface area contributed by atoms with Crippen molar-refractivity contribution < 1.29 is 34.6 Å². The molecule has 0 radical (unpaired) electrons. The van der Waals surface area contributed by atoms with E-state index in [-0.39, 0.29) is 49.6 Å². The van der Waals surface area contributed by atoms with Crippen LogP contribution < -0.4 is 14.5 Å². The number of halogens is 2. The zero-order valence-corrected chi connectivity index (χ0v) is 49.4. The Morgan fingerprint density at radius 3 is 1.76 bits per heavy atom. The Morgan fingerprint density at radius 2 is 1.11 bits per heavy atom. The van der Waals surface area contributed by atoms with Crippen LogP contribution in [0.5, 0.6) is 11.5 Å². The maximum atomic E-state index is 15.6. The van der Waals surface area contributed by atoms with Crippen LogP contribution in [0.25, 0.3) is 61.0 Å². The van der Waals surface area contributed by atoms with E-state index < -0.39 is 11.6 Å². The van der Waals surface area contributed by atoms with Crippen LogP contribution >= 0.6 is 0 Å². The molecule has 0 unspecified atom stereocenters. The standard InChI is InChI=1S/C71H67F2N4O.Pt/c1-43(2)46-29-47(44(3)4)31-48(30-46)62-36-52(71(10,11)12)37-63(49-32-53(72)39-54(73)33-49)69(62)76-42-75(65-23-17-18-24-66(65)76)55-34-50(59-20-14-13-19-58(59)45(5)6)35-57(40-55)78-56-25-26-61-60-21-15-16-22-64(60)77(67(61)41-56)68-38-51(27-28-74-68)70(7,8)9;/h13-39,42-45H,1-12H3;/q-3;. The molecule has 2 aromatic heterocycles. The van der Waals surface area contributed by atoms with Crippen LogP contribution in [0.2, 0.25) is 0 Å². The van der Waals surface area contributed by atoms with Gasteiger partial charge in [0.05, 0.1) is 0 Å². The predicted octanol–water partition coefficient (Wildman–Crippen LogP) is 20.2. The normalized spacial score (nSPS) is 12.8. The molecule has 79 heavy (non-hydrogen) atoms. The number of rotatable bonds is 11. The summed E-state index contributed by atoms with van der Waals surface area (Å²) in [7, 11) is 0. The molecule has 0 atom stereocenters. The molecule has 11 rings (SSSR count). The first-order chi connectivity index (χ1) is 37.2. The predicted molar refractivity (Wildman–Crippen MR) is 320 cm³/mol. The van der Waals surface area contributed by atoms with Crippen LogP contribution in [0.1, 0.15) is 129 Å². The number of hydrogen-bond donors (Lipinski definition) is 0. The average molecular weight is 1230 g/mol. The summed E-state index contributed by atoms with van der Waals surface area (Å²) < 4.78 is 40.4. The molecule has 0 amide bonds. The summed E-state index contributed by atoms with van der Waals surface area (Å²) in [5.74, 6) is 1.33. The topological polar surface area (TPSA) is 33.5 Å². The third-order valence-corrected chi connectivity index (χ3v) is 15.2. The molecular weight excluding hydrogens is 1160 g/mol. The molecule has 1 aliphatic rings. The van der Waals surface area contributed by atoms with Crippen molar-refractivity contribution in [3.05, 3.63) is 222 Å². The Morgan fingerprint density at radius 1 is 0.519 bits per heavy atom. The van der Waals surface area contributed by atoms with Crippen molar-refractivity contribution in [3.8, 4) is 50.7 Å². The van der Waals surface area contributed by atoms with Crippen LogP contribution in [0, 0.1) is 30.4 Å². The first kappa shape index (κ1) is 55.0. The van der Waals surface area contributed by atoms with Crippen molar-refractivity contribution in [2.24, 2.45) is 0 Å². The zero-order valence-electron chi connectivity index (χ0n) is 47.2. The maximum absolute atomic E-state index is 15.6. The summed E-state index contributed by atoms with van der Waals surface area (Å²) in [6, 6.07) is 60.4. The number of benzene rings is 8. The van der Waals surface area contributed by atoms with Crippen molar-refractivity contribution >= 4 is 44.6 Å². The summed E-state index contributed by atoms with van der Waals surface area (Å²) in [5, 5.41) is 2.14. The van der Waals surface area contributed by atoms with Crippen molar-refractivity contribution in [2.45, 2.75) is 112 Å². The van der Waals surface area contributed by atoms with Gasteiger partial charge in [-0.3, -0.25) is 0 Å².